The van der Waals surface area contributed by atoms with E-state index in [-0.39, 0.29) is 0 Å². The zero-order chi connectivity index (χ0) is 12.1. The van der Waals surface area contributed by atoms with Gasteiger partial charge in [0.25, 0.3) is 0 Å². The first kappa shape index (κ1) is 12.3. The minimum absolute atomic E-state index is 0.293. The highest BCUT2D eigenvalue weighted by atomic mass is 16.5. The molecule has 1 rings (SSSR count). The first-order chi connectivity index (χ1) is 7.58. The Labute approximate surface area is 95.7 Å². The third kappa shape index (κ3) is 2.83. The molecule has 0 radical (unpaired) electrons. The number of nitrogens with zero attached hydrogens (tertiary/aromatic N) is 1. The summed E-state index contributed by atoms with van der Waals surface area (Å²) < 4.78 is 4.87. The summed E-state index contributed by atoms with van der Waals surface area (Å²) in [5, 5.41) is 9.01. The summed E-state index contributed by atoms with van der Waals surface area (Å²) in [7, 11) is 0. The molecule has 0 saturated carbocycles. The van der Waals surface area contributed by atoms with Crippen molar-refractivity contribution in [3.8, 4) is 6.07 Å². The summed E-state index contributed by atoms with van der Waals surface area (Å²) in [6.07, 6.45) is 0. The van der Waals surface area contributed by atoms with Crippen LogP contribution in [0.5, 0.6) is 0 Å². The van der Waals surface area contributed by atoms with E-state index in [2.05, 4.69) is 0 Å². The Kier molecular flexibility index (Phi) is 4.07. The van der Waals surface area contributed by atoms with E-state index in [1.54, 1.807) is 6.92 Å². The lowest BCUT2D eigenvalue weighted by Gasteiger charge is -2.10. The molecule has 0 amide bonds. The highest BCUT2D eigenvalue weighted by Gasteiger charge is 2.21. The lowest BCUT2D eigenvalue weighted by molar-refractivity contribution is -0.143. The molecule has 1 aromatic carbocycles. The van der Waals surface area contributed by atoms with E-state index in [0.29, 0.717) is 12.2 Å². The number of benzene rings is 1. The molecule has 0 N–H and O–H groups in total. The molecule has 0 aliphatic heterocycles. The zero-order valence-corrected chi connectivity index (χ0v) is 9.78. The largest absolute Gasteiger partial charge is 0.465 e. The molecule has 0 aliphatic carbocycles. The molecule has 0 aromatic heterocycles. The van der Waals surface area contributed by atoms with Gasteiger partial charge in [-0.2, -0.15) is 5.26 Å². The summed E-state index contributed by atoms with van der Waals surface area (Å²) >= 11 is 0. The van der Waals surface area contributed by atoms with Crippen LogP contribution in [0.2, 0.25) is 0 Å². The van der Waals surface area contributed by atoms with Gasteiger partial charge < -0.3 is 4.74 Å². The van der Waals surface area contributed by atoms with Gasteiger partial charge in [-0.25, -0.2) is 0 Å². The molecule has 0 fully saturated rings. The topological polar surface area (TPSA) is 50.1 Å². The molecule has 3 nitrogen and oxygen atoms in total. The summed E-state index contributed by atoms with van der Waals surface area (Å²) in [5.74, 6) is -1.30. The van der Waals surface area contributed by atoms with Crippen LogP contribution in [0.25, 0.3) is 0 Å². The third-order valence-electron chi connectivity index (χ3n) is 2.23. The molecule has 1 aromatic rings. The van der Waals surface area contributed by atoms with Gasteiger partial charge in [0.2, 0.25) is 0 Å². The second-order valence-electron chi connectivity index (χ2n) is 3.74. The number of hydrogen-bond donors (Lipinski definition) is 0. The number of carbonyl (C=O) groups is 1. The van der Waals surface area contributed by atoms with E-state index in [9.17, 15) is 4.79 Å². The van der Waals surface area contributed by atoms with Gasteiger partial charge in [0, 0.05) is 0 Å². The average molecular weight is 217 g/mol. The maximum absolute atomic E-state index is 11.6. The molecule has 1 atom stereocenters. The van der Waals surface area contributed by atoms with Crippen molar-refractivity contribution in [3.05, 3.63) is 34.9 Å². The van der Waals surface area contributed by atoms with Crippen LogP contribution in [-0.2, 0) is 9.53 Å². The summed E-state index contributed by atoms with van der Waals surface area (Å²) in [6, 6.07) is 7.68. The molecule has 3 heteroatoms. The van der Waals surface area contributed by atoms with Crippen LogP contribution in [0.1, 0.15) is 29.5 Å². The molecule has 0 saturated heterocycles. The lowest BCUT2D eigenvalue weighted by atomic mass is 9.97. The van der Waals surface area contributed by atoms with Gasteiger partial charge in [0.15, 0.2) is 5.92 Å². The molecular formula is C13H15NO2. The lowest BCUT2D eigenvalue weighted by Crippen LogP contribution is -2.14. The molecular weight excluding hydrogens is 202 g/mol. The van der Waals surface area contributed by atoms with Crippen molar-refractivity contribution in [2.45, 2.75) is 26.7 Å². The summed E-state index contributed by atoms with van der Waals surface area (Å²) in [6.45, 7) is 5.90. The fourth-order valence-corrected chi connectivity index (χ4v) is 1.67. The first-order valence-corrected chi connectivity index (χ1v) is 5.23. The smallest absolute Gasteiger partial charge is 0.327 e. The predicted molar refractivity (Wildman–Crippen MR) is 60.9 cm³/mol. The van der Waals surface area contributed by atoms with Gasteiger partial charge in [-0.1, -0.05) is 29.3 Å². The normalized spacial score (nSPS) is 11.6. The monoisotopic (exact) mass is 217 g/mol. The molecule has 0 aliphatic rings. The number of esters is 1. The van der Waals surface area contributed by atoms with Gasteiger partial charge >= 0.3 is 5.97 Å². The van der Waals surface area contributed by atoms with Crippen LogP contribution in [0, 0.1) is 25.2 Å². The number of rotatable bonds is 3. The van der Waals surface area contributed by atoms with E-state index >= 15 is 0 Å². The highest BCUT2D eigenvalue weighted by molar-refractivity contribution is 5.81. The van der Waals surface area contributed by atoms with E-state index in [1.165, 1.54) is 0 Å². The summed E-state index contributed by atoms with van der Waals surface area (Å²) in [5.41, 5.74) is 2.79. The van der Waals surface area contributed by atoms with Crippen molar-refractivity contribution in [1.29, 1.82) is 5.26 Å². The minimum Gasteiger partial charge on any atom is -0.465 e. The second-order valence-corrected chi connectivity index (χ2v) is 3.74. The predicted octanol–water partition coefficient (Wildman–Crippen LogP) is 2.47. The van der Waals surface area contributed by atoms with E-state index in [1.807, 2.05) is 38.1 Å². The molecule has 1 unspecified atom stereocenters. The number of nitriles is 1. The maximum Gasteiger partial charge on any atom is 0.327 e. The van der Waals surface area contributed by atoms with Crippen LogP contribution in [0.3, 0.4) is 0 Å². The van der Waals surface area contributed by atoms with Crippen LogP contribution in [0.15, 0.2) is 18.2 Å². The van der Waals surface area contributed by atoms with Gasteiger partial charge in [0.05, 0.1) is 12.7 Å². The van der Waals surface area contributed by atoms with Crippen molar-refractivity contribution in [2.75, 3.05) is 6.61 Å². The van der Waals surface area contributed by atoms with Gasteiger partial charge in [-0.3, -0.25) is 4.79 Å². The van der Waals surface area contributed by atoms with Gasteiger partial charge in [-0.05, 0) is 26.3 Å². The standard InChI is InChI=1S/C13H15NO2/c1-4-16-13(15)12(8-14)11-6-9(2)5-10(3)7-11/h5-7,12H,4H2,1-3H3. The Bertz CT molecular complexity index is 412. The average Bonchev–Trinajstić information content (AvgIpc) is 2.17. The number of carbonyl (C=O) groups excluding carboxylic acids is 1. The fourth-order valence-electron chi connectivity index (χ4n) is 1.67. The minimum atomic E-state index is -0.821. The molecule has 0 heterocycles. The Hall–Kier alpha value is -1.82. The Balaban J connectivity index is 3.05. The highest BCUT2D eigenvalue weighted by Crippen LogP contribution is 2.19. The van der Waals surface area contributed by atoms with Crippen molar-refractivity contribution in [3.63, 3.8) is 0 Å². The molecule has 0 spiro atoms. The van der Waals surface area contributed by atoms with Crippen LogP contribution < -0.4 is 0 Å². The molecule has 16 heavy (non-hydrogen) atoms. The summed E-state index contributed by atoms with van der Waals surface area (Å²) in [4.78, 5) is 11.6. The zero-order valence-electron chi connectivity index (χ0n) is 9.78. The van der Waals surface area contributed by atoms with Crippen LogP contribution in [-0.4, -0.2) is 12.6 Å². The molecule has 84 valence electrons. The third-order valence-corrected chi connectivity index (χ3v) is 2.23. The van der Waals surface area contributed by atoms with E-state index in [4.69, 9.17) is 10.00 Å². The van der Waals surface area contributed by atoms with Crippen LogP contribution >= 0.6 is 0 Å². The van der Waals surface area contributed by atoms with Gasteiger partial charge in [-0.15, -0.1) is 0 Å². The van der Waals surface area contributed by atoms with Gasteiger partial charge in [0.1, 0.15) is 0 Å². The van der Waals surface area contributed by atoms with Crippen molar-refractivity contribution in [1.82, 2.24) is 0 Å². The van der Waals surface area contributed by atoms with Crippen molar-refractivity contribution < 1.29 is 9.53 Å². The Morgan fingerprint density at radius 2 is 1.94 bits per heavy atom. The van der Waals surface area contributed by atoms with Crippen LogP contribution in [0.4, 0.5) is 0 Å². The van der Waals surface area contributed by atoms with Crippen molar-refractivity contribution in [2.24, 2.45) is 0 Å². The fraction of sp³-hybridized carbons (Fsp3) is 0.385. The number of ether oxygens (including phenoxy) is 1. The maximum atomic E-state index is 11.6. The second kappa shape index (κ2) is 5.32. The number of aryl methyl sites for hydroxylation is 2. The SMILES string of the molecule is CCOC(=O)C(C#N)c1cc(C)cc(C)c1. The Morgan fingerprint density at radius 1 is 1.38 bits per heavy atom. The first-order valence-electron chi connectivity index (χ1n) is 5.23. The number of hydrogen-bond acceptors (Lipinski definition) is 3. The Morgan fingerprint density at radius 3 is 2.38 bits per heavy atom. The van der Waals surface area contributed by atoms with E-state index < -0.39 is 11.9 Å². The quantitative estimate of drug-likeness (QED) is 0.731. The van der Waals surface area contributed by atoms with Crippen molar-refractivity contribution >= 4 is 5.97 Å². The van der Waals surface area contributed by atoms with E-state index in [0.717, 1.165) is 11.1 Å². The molecule has 0 bridgehead atoms.